The molecule has 2 heterocycles. The molecule has 1 fully saturated rings. The molecule has 1 amide bonds. The van der Waals surface area contributed by atoms with Gasteiger partial charge in [-0.25, -0.2) is 4.98 Å². The zero-order valence-corrected chi connectivity index (χ0v) is 14.5. The van der Waals surface area contributed by atoms with Crippen LogP contribution >= 0.6 is 11.3 Å². The summed E-state index contributed by atoms with van der Waals surface area (Å²) < 4.78 is 0. The Labute approximate surface area is 145 Å². The lowest BCUT2D eigenvalue weighted by Gasteiger charge is -2.35. The van der Waals surface area contributed by atoms with Crippen molar-refractivity contribution in [3.05, 3.63) is 40.2 Å². The standard InChI is InChI=1S/C18H20N2O3S/c1-11-9-20(7-6-15(11)18(22)23)17(21)14-5-3-4-13(8-14)16-10-24-12(2)19-16/h3-5,8,10-11,15H,6-7,9H2,1-2H3,(H,22,23). The first-order chi connectivity index (χ1) is 11.5. The van der Waals surface area contributed by atoms with E-state index in [0.717, 1.165) is 16.3 Å². The van der Waals surface area contributed by atoms with Crippen molar-refractivity contribution in [2.24, 2.45) is 11.8 Å². The van der Waals surface area contributed by atoms with Gasteiger partial charge in [0.25, 0.3) is 5.91 Å². The molecule has 1 aromatic carbocycles. The van der Waals surface area contributed by atoms with Gasteiger partial charge in [0.15, 0.2) is 0 Å². The Bertz CT molecular complexity index is 771. The second-order valence-corrected chi connectivity index (χ2v) is 7.36. The molecule has 2 unspecified atom stereocenters. The number of piperidine rings is 1. The first-order valence-corrected chi connectivity index (χ1v) is 8.88. The van der Waals surface area contributed by atoms with Gasteiger partial charge in [0.1, 0.15) is 0 Å². The number of carbonyl (C=O) groups excluding carboxylic acids is 1. The highest BCUT2D eigenvalue weighted by atomic mass is 32.1. The third kappa shape index (κ3) is 3.33. The van der Waals surface area contributed by atoms with Crippen molar-refractivity contribution >= 4 is 23.2 Å². The summed E-state index contributed by atoms with van der Waals surface area (Å²) in [6.07, 6.45) is 0.507. The van der Waals surface area contributed by atoms with Crippen molar-refractivity contribution in [3.63, 3.8) is 0 Å². The Morgan fingerprint density at radius 2 is 2.17 bits per heavy atom. The van der Waals surface area contributed by atoms with E-state index in [2.05, 4.69) is 4.98 Å². The van der Waals surface area contributed by atoms with E-state index < -0.39 is 5.97 Å². The average molecular weight is 344 g/mol. The fraction of sp³-hybridized carbons (Fsp3) is 0.389. The molecule has 1 N–H and O–H groups in total. The molecule has 126 valence electrons. The number of benzene rings is 1. The average Bonchev–Trinajstić information content (AvgIpc) is 3.00. The van der Waals surface area contributed by atoms with Gasteiger partial charge in [-0.05, 0) is 31.4 Å². The van der Waals surface area contributed by atoms with Crippen LogP contribution in [0.5, 0.6) is 0 Å². The van der Waals surface area contributed by atoms with Crippen LogP contribution in [0.1, 0.15) is 28.7 Å². The predicted octanol–water partition coefficient (Wildman–Crippen LogP) is 3.30. The number of carboxylic acids is 1. The highest BCUT2D eigenvalue weighted by Crippen LogP contribution is 2.26. The Hall–Kier alpha value is -2.21. The number of carbonyl (C=O) groups is 2. The summed E-state index contributed by atoms with van der Waals surface area (Å²) in [5, 5.41) is 12.2. The molecule has 1 aromatic heterocycles. The quantitative estimate of drug-likeness (QED) is 0.927. The van der Waals surface area contributed by atoms with Gasteiger partial charge in [-0.3, -0.25) is 9.59 Å². The second kappa shape index (κ2) is 6.73. The Morgan fingerprint density at radius 1 is 1.38 bits per heavy atom. The molecular weight excluding hydrogens is 324 g/mol. The molecule has 1 aliphatic rings. The Morgan fingerprint density at radius 3 is 2.79 bits per heavy atom. The molecule has 0 bridgehead atoms. The zero-order chi connectivity index (χ0) is 17.3. The maximum absolute atomic E-state index is 12.8. The summed E-state index contributed by atoms with van der Waals surface area (Å²) in [5.74, 6) is -1.21. The normalized spacial score (nSPS) is 20.8. The van der Waals surface area contributed by atoms with Gasteiger partial charge < -0.3 is 10.0 Å². The lowest BCUT2D eigenvalue weighted by Crippen LogP contribution is -2.45. The van der Waals surface area contributed by atoms with Gasteiger partial charge in [0.2, 0.25) is 0 Å². The molecule has 0 radical (unpaired) electrons. The first kappa shape index (κ1) is 16.6. The molecular formula is C18H20N2O3S. The van der Waals surface area contributed by atoms with Crippen LogP contribution in [0.2, 0.25) is 0 Å². The lowest BCUT2D eigenvalue weighted by molar-refractivity contribution is -0.145. The van der Waals surface area contributed by atoms with Crippen molar-refractivity contribution in [3.8, 4) is 11.3 Å². The number of amides is 1. The van der Waals surface area contributed by atoms with Crippen LogP contribution in [0.4, 0.5) is 0 Å². The number of carboxylic acid groups (broad SMARTS) is 1. The number of hydrogen-bond donors (Lipinski definition) is 1. The number of likely N-dealkylation sites (tertiary alicyclic amines) is 1. The molecule has 1 saturated heterocycles. The van der Waals surface area contributed by atoms with Crippen molar-refractivity contribution < 1.29 is 14.7 Å². The van der Waals surface area contributed by atoms with Gasteiger partial charge in [-0.15, -0.1) is 11.3 Å². The van der Waals surface area contributed by atoms with Crippen LogP contribution < -0.4 is 0 Å². The number of aliphatic carboxylic acids is 1. The lowest BCUT2D eigenvalue weighted by atomic mass is 9.87. The number of aromatic nitrogens is 1. The van der Waals surface area contributed by atoms with E-state index >= 15 is 0 Å². The monoisotopic (exact) mass is 344 g/mol. The summed E-state index contributed by atoms with van der Waals surface area (Å²) in [6.45, 7) is 4.82. The van der Waals surface area contributed by atoms with Crippen LogP contribution in [-0.2, 0) is 4.79 Å². The molecule has 0 aliphatic carbocycles. The molecule has 0 saturated carbocycles. The molecule has 0 spiro atoms. The summed E-state index contributed by atoms with van der Waals surface area (Å²) >= 11 is 1.58. The van der Waals surface area contributed by atoms with Crippen molar-refractivity contribution in [1.82, 2.24) is 9.88 Å². The predicted molar refractivity (Wildman–Crippen MR) is 93.1 cm³/mol. The van der Waals surface area contributed by atoms with E-state index in [1.807, 2.05) is 37.4 Å². The van der Waals surface area contributed by atoms with Gasteiger partial charge in [0, 0.05) is 29.6 Å². The topological polar surface area (TPSA) is 70.5 Å². The van der Waals surface area contributed by atoms with E-state index in [-0.39, 0.29) is 17.7 Å². The largest absolute Gasteiger partial charge is 0.481 e. The Kier molecular flexibility index (Phi) is 4.66. The minimum atomic E-state index is -0.768. The summed E-state index contributed by atoms with van der Waals surface area (Å²) in [4.78, 5) is 30.2. The zero-order valence-electron chi connectivity index (χ0n) is 13.7. The van der Waals surface area contributed by atoms with Gasteiger partial charge in [-0.2, -0.15) is 0 Å². The molecule has 3 rings (SSSR count). The number of thiazole rings is 1. The molecule has 24 heavy (non-hydrogen) atoms. The summed E-state index contributed by atoms with van der Waals surface area (Å²) in [7, 11) is 0. The fourth-order valence-corrected chi connectivity index (χ4v) is 3.81. The van der Waals surface area contributed by atoms with Crippen molar-refractivity contribution in [1.29, 1.82) is 0 Å². The summed E-state index contributed by atoms with van der Waals surface area (Å²) in [5.41, 5.74) is 2.43. The molecule has 2 aromatic rings. The molecule has 6 heteroatoms. The maximum Gasteiger partial charge on any atom is 0.306 e. The van der Waals surface area contributed by atoms with E-state index in [9.17, 15) is 14.7 Å². The fourth-order valence-electron chi connectivity index (χ4n) is 3.19. The second-order valence-electron chi connectivity index (χ2n) is 6.29. The highest BCUT2D eigenvalue weighted by Gasteiger charge is 2.33. The third-order valence-corrected chi connectivity index (χ3v) is 5.31. The van der Waals surface area contributed by atoms with Crippen LogP contribution in [0.15, 0.2) is 29.6 Å². The van der Waals surface area contributed by atoms with Crippen LogP contribution in [0.25, 0.3) is 11.3 Å². The van der Waals surface area contributed by atoms with Crippen LogP contribution in [-0.4, -0.2) is 40.0 Å². The molecule has 5 nitrogen and oxygen atoms in total. The van der Waals surface area contributed by atoms with Crippen molar-refractivity contribution in [2.75, 3.05) is 13.1 Å². The molecule has 2 atom stereocenters. The Balaban J connectivity index is 1.77. The SMILES string of the molecule is Cc1nc(-c2cccc(C(=O)N3CCC(C(=O)O)C(C)C3)c2)cs1. The van der Waals surface area contributed by atoms with E-state index in [0.29, 0.717) is 25.1 Å². The summed E-state index contributed by atoms with van der Waals surface area (Å²) in [6, 6.07) is 7.49. The van der Waals surface area contributed by atoms with Crippen molar-refractivity contribution in [2.45, 2.75) is 20.3 Å². The van der Waals surface area contributed by atoms with E-state index in [1.165, 1.54) is 0 Å². The van der Waals surface area contributed by atoms with Gasteiger partial charge in [-0.1, -0.05) is 19.1 Å². The minimum Gasteiger partial charge on any atom is -0.481 e. The minimum absolute atomic E-state index is 0.0374. The number of hydrogen-bond acceptors (Lipinski definition) is 4. The third-order valence-electron chi connectivity index (χ3n) is 4.53. The highest BCUT2D eigenvalue weighted by molar-refractivity contribution is 7.09. The van der Waals surface area contributed by atoms with Gasteiger partial charge in [0.05, 0.1) is 16.6 Å². The number of rotatable bonds is 3. The first-order valence-electron chi connectivity index (χ1n) is 8.00. The van der Waals surface area contributed by atoms with Crippen LogP contribution in [0.3, 0.4) is 0 Å². The number of aryl methyl sites for hydroxylation is 1. The number of nitrogens with zero attached hydrogens (tertiary/aromatic N) is 2. The van der Waals surface area contributed by atoms with Crippen LogP contribution in [0, 0.1) is 18.8 Å². The molecule has 1 aliphatic heterocycles. The van der Waals surface area contributed by atoms with E-state index in [1.54, 1.807) is 22.3 Å². The van der Waals surface area contributed by atoms with E-state index in [4.69, 9.17) is 0 Å². The van der Waals surface area contributed by atoms with Gasteiger partial charge >= 0.3 is 5.97 Å². The smallest absolute Gasteiger partial charge is 0.306 e. The maximum atomic E-state index is 12.8.